The Morgan fingerprint density at radius 1 is 1.12 bits per heavy atom. The van der Waals surface area contributed by atoms with Gasteiger partial charge in [0.1, 0.15) is 18.6 Å². The summed E-state index contributed by atoms with van der Waals surface area (Å²) in [7, 11) is 0. The topological polar surface area (TPSA) is 137 Å². The summed E-state index contributed by atoms with van der Waals surface area (Å²) in [4.78, 5) is 46.2. The van der Waals surface area contributed by atoms with Crippen LogP contribution >= 0.6 is 12.6 Å². The summed E-state index contributed by atoms with van der Waals surface area (Å²) in [6.07, 6.45) is 0.0455. The minimum atomic E-state index is -0.908. The molecular formula is C14H25N3O6S. The van der Waals surface area contributed by atoms with E-state index < -0.39 is 35.8 Å². The van der Waals surface area contributed by atoms with Crippen molar-refractivity contribution in [1.82, 2.24) is 10.6 Å². The lowest BCUT2D eigenvalue weighted by Crippen LogP contribution is -2.49. The Morgan fingerprint density at radius 2 is 1.75 bits per heavy atom. The highest BCUT2D eigenvalue weighted by atomic mass is 32.1. The number of nitrogens with one attached hydrogen (secondary N) is 2. The summed E-state index contributed by atoms with van der Waals surface area (Å²) in [6.45, 7) is 3.44. The number of hydrogen-bond acceptors (Lipinski definition) is 8. The third-order valence-corrected chi connectivity index (χ3v) is 3.18. The molecule has 0 saturated heterocycles. The number of nitrogens with two attached hydrogens (primary N) is 1. The van der Waals surface area contributed by atoms with Crippen LogP contribution in [0.4, 0.5) is 0 Å². The summed E-state index contributed by atoms with van der Waals surface area (Å²) < 4.78 is 9.41. The zero-order chi connectivity index (χ0) is 18.5. The lowest BCUT2D eigenvalue weighted by atomic mass is 10.1. The molecule has 24 heavy (non-hydrogen) atoms. The van der Waals surface area contributed by atoms with E-state index in [4.69, 9.17) is 10.5 Å². The van der Waals surface area contributed by atoms with E-state index in [0.717, 1.165) is 0 Å². The second-order valence-corrected chi connectivity index (χ2v) is 5.09. The molecule has 0 aromatic heterocycles. The Kier molecular flexibility index (Phi) is 11.6. The Bertz CT molecular complexity index is 446. The third-order valence-electron chi connectivity index (χ3n) is 2.82. The van der Waals surface area contributed by atoms with Crippen molar-refractivity contribution in [1.29, 1.82) is 0 Å². The molecule has 2 unspecified atom stereocenters. The molecule has 0 aliphatic rings. The average molecular weight is 363 g/mol. The molecule has 138 valence electrons. The Morgan fingerprint density at radius 3 is 2.29 bits per heavy atom. The maximum atomic E-state index is 11.9. The lowest BCUT2D eigenvalue weighted by Gasteiger charge is -2.17. The van der Waals surface area contributed by atoms with E-state index in [-0.39, 0.29) is 38.4 Å². The van der Waals surface area contributed by atoms with Gasteiger partial charge in [-0.3, -0.25) is 19.2 Å². The highest BCUT2D eigenvalue weighted by molar-refractivity contribution is 7.80. The van der Waals surface area contributed by atoms with Gasteiger partial charge in [-0.25, -0.2) is 0 Å². The number of carbonyl (C=O) groups excluding carboxylic acids is 4. The third kappa shape index (κ3) is 9.36. The van der Waals surface area contributed by atoms with Crippen molar-refractivity contribution in [2.24, 2.45) is 5.73 Å². The SMILES string of the molecule is CCOC(=O)CNC(=O)C(CS)NC(=O)CCC(N)C(=O)OCC. The molecule has 0 aliphatic heterocycles. The molecular weight excluding hydrogens is 338 g/mol. The van der Waals surface area contributed by atoms with E-state index >= 15 is 0 Å². The van der Waals surface area contributed by atoms with Crippen molar-refractivity contribution < 1.29 is 28.7 Å². The number of amides is 2. The molecule has 2 atom stereocenters. The maximum Gasteiger partial charge on any atom is 0.325 e. The monoisotopic (exact) mass is 363 g/mol. The first-order chi connectivity index (χ1) is 11.3. The van der Waals surface area contributed by atoms with Crippen LogP contribution in [-0.2, 0) is 28.7 Å². The van der Waals surface area contributed by atoms with Gasteiger partial charge in [0.15, 0.2) is 0 Å². The van der Waals surface area contributed by atoms with Gasteiger partial charge >= 0.3 is 11.9 Å². The van der Waals surface area contributed by atoms with E-state index in [1.165, 1.54) is 0 Å². The Balaban J connectivity index is 4.25. The van der Waals surface area contributed by atoms with Crippen molar-refractivity contribution in [2.45, 2.75) is 38.8 Å². The van der Waals surface area contributed by atoms with Crippen molar-refractivity contribution in [3.8, 4) is 0 Å². The van der Waals surface area contributed by atoms with Gasteiger partial charge in [0.25, 0.3) is 0 Å². The summed E-state index contributed by atoms with van der Waals surface area (Å²) in [6, 6.07) is -1.81. The second kappa shape index (κ2) is 12.6. The fourth-order valence-electron chi connectivity index (χ4n) is 1.61. The number of esters is 2. The second-order valence-electron chi connectivity index (χ2n) is 4.72. The van der Waals surface area contributed by atoms with Crippen LogP contribution in [0, 0.1) is 0 Å². The van der Waals surface area contributed by atoms with Crippen LogP contribution in [0.3, 0.4) is 0 Å². The van der Waals surface area contributed by atoms with E-state index in [1.54, 1.807) is 13.8 Å². The molecule has 0 saturated carbocycles. The van der Waals surface area contributed by atoms with Crippen LogP contribution in [0.1, 0.15) is 26.7 Å². The van der Waals surface area contributed by atoms with Gasteiger partial charge in [0.2, 0.25) is 11.8 Å². The first kappa shape index (κ1) is 22.2. The minimum Gasteiger partial charge on any atom is -0.465 e. The molecule has 2 amide bonds. The van der Waals surface area contributed by atoms with Crippen molar-refractivity contribution in [3.63, 3.8) is 0 Å². The number of thiol groups is 1. The van der Waals surface area contributed by atoms with E-state index in [1.807, 2.05) is 0 Å². The molecule has 0 fully saturated rings. The maximum absolute atomic E-state index is 11.9. The summed E-state index contributed by atoms with van der Waals surface area (Å²) in [5, 5.41) is 4.81. The highest BCUT2D eigenvalue weighted by Gasteiger charge is 2.21. The predicted octanol–water partition coefficient (Wildman–Crippen LogP) is -1.25. The largest absolute Gasteiger partial charge is 0.465 e. The van der Waals surface area contributed by atoms with Gasteiger partial charge in [-0.15, -0.1) is 0 Å². The summed E-state index contributed by atoms with van der Waals surface area (Å²) in [5.74, 6) is -2.12. The van der Waals surface area contributed by atoms with Gasteiger partial charge in [-0.05, 0) is 20.3 Å². The molecule has 0 rings (SSSR count). The van der Waals surface area contributed by atoms with Gasteiger partial charge in [0.05, 0.1) is 13.2 Å². The molecule has 10 heteroatoms. The Labute approximate surface area is 146 Å². The van der Waals surface area contributed by atoms with Crippen LogP contribution in [0.25, 0.3) is 0 Å². The molecule has 0 aliphatic carbocycles. The smallest absolute Gasteiger partial charge is 0.325 e. The first-order valence-electron chi connectivity index (χ1n) is 7.61. The summed E-state index contributed by atoms with van der Waals surface area (Å²) >= 11 is 3.99. The average Bonchev–Trinajstić information content (AvgIpc) is 2.55. The van der Waals surface area contributed by atoms with Gasteiger partial charge in [-0.1, -0.05) is 0 Å². The molecule has 0 heterocycles. The number of rotatable bonds is 11. The zero-order valence-electron chi connectivity index (χ0n) is 13.9. The van der Waals surface area contributed by atoms with Crippen molar-refractivity contribution in [3.05, 3.63) is 0 Å². The number of ether oxygens (including phenoxy) is 2. The van der Waals surface area contributed by atoms with E-state index in [9.17, 15) is 19.2 Å². The van der Waals surface area contributed by atoms with Gasteiger partial charge in [0, 0.05) is 12.2 Å². The molecule has 0 radical (unpaired) electrons. The quantitative estimate of drug-likeness (QED) is 0.266. The summed E-state index contributed by atoms with van der Waals surface area (Å²) in [5.41, 5.74) is 5.58. The van der Waals surface area contributed by atoms with Crippen molar-refractivity contribution in [2.75, 3.05) is 25.5 Å². The lowest BCUT2D eigenvalue weighted by molar-refractivity contribution is -0.145. The van der Waals surface area contributed by atoms with E-state index in [2.05, 4.69) is 28.0 Å². The van der Waals surface area contributed by atoms with Crippen LogP contribution in [-0.4, -0.2) is 61.3 Å². The fraction of sp³-hybridized carbons (Fsp3) is 0.714. The minimum absolute atomic E-state index is 0.0460. The normalized spacial score (nSPS) is 12.7. The number of carbonyl (C=O) groups is 4. The fourth-order valence-corrected chi connectivity index (χ4v) is 1.87. The van der Waals surface area contributed by atoms with Crippen LogP contribution in [0.15, 0.2) is 0 Å². The molecule has 9 nitrogen and oxygen atoms in total. The Hall–Kier alpha value is -1.81. The predicted molar refractivity (Wildman–Crippen MR) is 89.3 cm³/mol. The standard InChI is InChI=1S/C14H25N3O6S/c1-3-22-12(19)7-16-13(20)10(8-24)17-11(18)6-5-9(15)14(21)23-4-2/h9-10,24H,3-8,15H2,1-2H3,(H,16,20)(H,17,18). The zero-order valence-corrected chi connectivity index (χ0v) is 14.8. The van der Waals surface area contributed by atoms with Crippen LogP contribution in [0.5, 0.6) is 0 Å². The molecule has 0 bridgehead atoms. The van der Waals surface area contributed by atoms with Crippen LogP contribution < -0.4 is 16.4 Å². The van der Waals surface area contributed by atoms with Gasteiger partial charge < -0.3 is 25.8 Å². The van der Waals surface area contributed by atoms with Gasteiger partial charge in [-0.2, -0.15) is 12.6 Å². The van der Waals surface area contributed by atoms with Crippen LogP contribution in [0.2, 0.25) is 0 Å². The van der Waals surface area contributed by atoms with E-state index in [0.29, 0.717) is 0 Å². The molecule has 4 N–H and O–H groups in total. The molecule has 0 spiro atoms. The van der Waals surface area contributed by atoms with Crippen molar-refractivity contribution >= 4 is 36.4 Å². The number of hydrogen-bond donors (Lipinski definition) is 4. The first-order valence-corrected chi connectivity index (χ1v) is 8.24. The molecule has 0 aromatic carbocycles. The highest BCUT2D eigenvalue weighted by Crippen LogP contribution is 1.99. The molecule has 0 aromatic rings.